The minimum Gasteiger partial charge on any atom is -0.497 e. The van der Waals surface area contributed by atoms with Crippen molar-refractivity contribution in [3.05, 3.63) is 48.0 Å². The zero-order valence-electron chi connectivity index (χ0n) is 15.4. The van der Waals surface area contributed by atoms with Crippen LogP contribution in [0.1, 0.15) is 19.4 Å². The fourth-order valence-electron chi connectivity index (χ4n) is 2.28. The third kappa shape index (κ3) is 5.88. The molecule has 0 spiro atoms. The van der Waals surface area contributed by atoms with Gasteiger partial charge in [-0.25, -0.2) is 0 Å². The highest BCUT2D eigenvalue weighted by atomic mass is 16.5. The van der Waals surface area contributed by atoms with Crippen molar-refractivity contribution < 1.29 is 23.7 Å². The van der Waals surface area contributed by atoms with Crippen LogP contribution in [0, 0.1) is 0 Å². The van der Waals surface area contributed by atoms with Crippen molar-refractivity contribution in [1.82, 2.24) is 5.32 Å². The minimum atomic E-state index is -0.201. The second kappa shape index (κ2) is 10.2. The zero-order chi connectivity index (χ0) is 18.8. The topological polar surface area (TPSA) is 66.0 Å². The average molecular weight is 359 g/mol. The number of nitrogens with one attached hydrogen (secondary N) is 1. The first-order valence-electron chi connectivity index (χ1n) is 8.58. The van der Waals surface area contributed by atoms with Crippen LogP contribution in [0.25, 0.3) is 0 Å². The highest BCUT2D eigenvalue weighted by molar-refractivity contribution is 5.77. The number of benzene rings is 2. The van der Waals surface area contributed by atoms with Crippen LogP contribution < -0.4 is 24.3 Å². The number of ether oxygens (including phenoxy) is 4. The van der Waals surface area contributed by atoms with Crippen LogP contribution in [-0.2, 0) is 11.3 Å². The number of amides is 1. The maximum atomic E-state index is 12.0. The van der Waals surface area contributed by atoms with Gasteiger partial charge in [0.2, 0.25) is 0 Å². The van der Waals surface area contributed by atoms with E-state index in [1.165, 1.54) is 0 Å². The summed E-state index contributed by atoms with van der Waals surface area (Å²) in [7, 11) is 1.60. The van der Waals surface area contributed by atoms with Crippen LogP contribution in [-0.4, -0.2) is 32.8 Å². The van der Waals surface area contributed by atoms with E-state index < -0.39 is 0 Å². The van der Waals surface area contributed by atoms with Gasteiger partial charge in [0.15, 0.2) is 18.1 Å². The van der Waals surface area contributed by atoms with Crippen molar-refractivity contribution in [2.24, 2.45) is 0 Å². The van der Waals surface area contributed by atoms with Gasteiger partial charge in [-0.1, -0.05) is 6.07 Å². The van der Waals surface area contributed by atoms with Gasteiger partial charge in [-0.2, -0.15) is 0 Å². The van der Waals surface area contributed by atoms with E-state index in [0.29, 0.717) is 37.0 Å². The molecule has 0 saturated heterocycles. The second-order valence-corrected chi connectivity index (χ2v) is 5.39. The number of hydrogen-bond acceptors (Lipinski definition) is 5. The van der Waals surface area contributed by atoms with E-state index in [4.69, 9.17) is 18.9 Å². The van der Waals surface area contributed by atoms with E-state index in [0.717, 1.165) is 11.3 Å². The van der Waals surface area contributed by atoms with E-state index in [2.05, 4.69) is 5.32 Å². The highest BCUT2D eigenvalue weighted by Crippen LogP contribution is 2.28. The van der Waals surface area contributed by atoms with Crippen molar-refractivity contribution in [1.29, 1.82) is 0 Å². The van der Waals surface area contributed by atoms with Gasteiger partial charge in [-0.05, 0) is 55.8 Å². The largest absolute Gasteiger partial charge is 0.497 e. The molecule has 1 amide bonds. The maximum absolute atomic E-state index is 12.0. The molecule has 2 aromatic carbocycles. The van der Waals surface area contributed by atoms with Crippen molar-refractivity contribution >= 4 is 5.91 Å². The molecule has 0 aromatic heterocycles. The van der Waals surface area contributed by atoms with Crippen molar-refractivity contribution in [2.75, 3.05) is 26.9 Å². The summed E-state index contributed by atoms with van der Waals surface area (Å²) in [6.45, 7) is 5.29. The van der Waals surface area contributed by atoms with E-state index in [1.54, 1.807) is 31.4 Å². The lowest BCUT2D eigenvalue weighted by atomic mass is 10.2. The molecule has 140 valence electrons. The standard InChI is InChI=1S/C20H25NO5/c1-4-24-18-11-6-15(12-19(18)25-5-2)13-21-20(22)14-26-17-9-7-16(23-3)8-10-17/h6-12H,4-5,13-14H2,1-3H3,(H,21,22). The molecule has 0 saturated carbocycles. The number of carbonyl (C=O) groups is 1. The summed E-state index contributed by atoms with van der Waals surface area (Å²) in [5.74, 6) is 2.53. The first-order valence-corrected chi connectivity index (χ1v) is 8.58. The molecule has 0 fully saturated rings. The molecular weight excluding hydrogens is 334 g/mol. The Morgan fingerprint density at radius 2 is 1.54 bits per heavy atom. The van der Waals surface area contributed by atoms with Gasteiger partial charge in [0.05, 0.1) is 20.3 Å². The molecule has 0 aliphatic carbocycles. The summed E-state index contributed by atoms with van der Waals surface area (Å²) in [6.07, 6.45) is 0. The Morgan fingerprint density at radius 3 is 2.19 bits per heavy atom. The van der Waals surface area contributed by atoms with Gasteiger partial charge < -0.3 is 24.3 Å². The van der Waals surface area contributed by atoms with Crippen LogP contribution >= 0.6 is 0 Å². The molecule has 0 atom stereocenters. The predicted molar refractivity (Wildman–Crippen MR) is 99.1 cm³/mol. The van der Waals surface area contributed by atoms with Crippen LogP contribution in [0.2, 0.25) is 0 Å². The fourth-order valence-corrected chi connectivity index (χ4v) is 2.28. The zero-order valence-corrected chi connectivity index (χ0v) is 15.4. The van der Waals surface area contributed by atoms with Gasteiger partial charge in [0.1, 0.15) is 11.5 Å². The number of methoxy groups -OCH3 is 1. The Bertz CT molecular complexity index is 700. The Balaban J connectivity index is 1.84. The maximum Gasteiger partial charge on any atom is 0.258 e. The van der Waals surface area contributed by atoms with Gasteiger partial charge in [0.25, 0.3) is 5.91 Å². The molecule has 0 unspecified atom stereocenters. The molecule has 0 radical (unpaired) electrons. The highest BCUT2D eigenvalue weighted by Gasteiger charge is 2.08. The first-order chi connectivity index (χ1) is 12.7. The van der Waals surface area contributed by atoms with Crippen LogP contribution in [0.3, 0.4) is 0 Å². The lowest BCUT2D eigenvalue weighted by Crippen LogP contribution is -2.28. The molecule has 6 heteroatoms. The number of carbonyl (C=O) groups excluding carboxylic acids is 1. The van der Waals surface area contributed by atoms with Crippen LogP contribution in [0.4, 0.5) is 0 Å². The van der Waals surface area contributed by atoms with Crippen molar-refractivity contribution in [3.63, 3.8) is 0 Å². The Hall–Kier alpha value is -2.89. The van der Waals surface area contributed by atoms with Gasteiger partial charge >= 0.3 is 0 Å². The fraction of sp³-hybridized carbons (Fsp3) is 0.350. The summed E-state index contributed by atoms with van der Waals surface area (Å²) < 4.78 is 21.7. The molecule has 0 aliphatic heterocycles. The van der Waals surface area contributed by atoms with Crippen LogP contribution in [0.5, 0.6) is 23.0 Å². The number of hydrogen-bond donors (Lipinski definition) is 1. The monoisotopic (exact) mass is 359 g/mol. The van der Waals surface area contributed by atoms with E-state index in [9.17, 15) is 4.79 Å². The molecular formula is C20H25NO5. The van der Waals surface area contributed by atoms with Gasteiger partial charge in [-0.15, -0.1) is 0 Å². The Kier molecular flexibility index (Phi) is 7.61. The normalized spacial score (nSPS) is 10.1. The SMILES string of the molecule is CCOc1ccc(CNC(=O)COc2ccc(OC)cc2)cc1OCC. The molecule has 0 heterocycles. The predicted octanol–water partition coefficient (Wildman–Crippen LogP) is 3.19. The van der Waals surface area contributed by atoms with E-state index >= 15 is 0 Å². The Labute approximate surface area is 154 Å². The smallest absolute Gasteiger partial charge is 0.258 e. The number of rotatable bonds is 10. The molecule has 6 nitrogen and oxygen atoms in total. The summed E-state index contributed by atoms with van der Waals surface area (Å²) in [5, 5.41) is 2.83. The van der Waals surface area contributed by atoms with Crippen molar-refractivity contribution in [2.45, 2.75) is 20.4 Å². The van der Waals surface area contributed by atoms with Crippen molar-refractivity contribution in [3.8, 4) is 23.0 Å². The van der Waals surface area contributed by atoms with Crippen LogP contribution in [0.15, 0.2) is 42.5 Å². The van der Waals surface area contributed by atoms with E-state index in [-0.39, 0.29) is 12.5 Å². The summed E-state index contributed by atoms with van der Waals surface area (Å²) in [4.78, 5) is 12.0. The first kappa shape index (κ1) is 19.4. The molecule has 26 heavy (non-hydrogen) atoms. The molecule has 0 aliphatic rings. The summed E-state index contributed by atoms with van der Waals surface area (Å²) >= 11 is 0. The van der Waals surface area contributed by atoms with Gasteiger partial charge in [-0.3, -0.25) is 4.79 Å². The Morgan fingerprint density at radius 1 is 0.885 bits per heavy atom. The molecule has 1 N–H and O–H groups in total. The average Bonchev–Trinajstić information content (AvgIpc) is 2.67. The third-order valence-electron chi connectivity index (χ3n) is 3.53. The minimum absolute atomic E-state index is 0.0539. The lowest BCUT2D eigenvalue weighted by molar-refractivity contribution is -0.123. The summed E-state index contributed by atoms with van der Waals surface area (Å²) in [5.41, 5.74) is 0.926. The second-order valence-electron chi connectivity index (χ2n) is 5.39. The van der Waals surface area contributed by atoms with Gasteiger partial charge in [0, 0.05) is 6.54 Å². The lowest BCUT2D eigenvalue weighted by Gasteiger charge is -2.13. The molecule has 2 rings (SSSR count). The third-order valence-corrected chi connectivity index (χ3v) is 3.53. The van der Waals surface area contributed by atoms with E-state index in [1.807, 2.05) is 32.0 Å². The quantitative estimate of drug-likeness (QED) is 0.706. The molecule has 2 aromatic rings. The molecule has 0 bridgehead atoms. The summed E-state index contributed by atoms with van der Waals surface area (Å²) in [6, 6.07) is 12.7.